The summed E-state index contributed by atoms with van der Waals surface area (Å²) in [6.07, 6.45) is -4.33. The van der Waals surface area contributed by atoms with Crippen molar-refractivity contribution < 1.29 is 17.9 Å². The molecular weight excluding hydrogens is 410 g/mol. The molecule has 1 aromatic rings. The van der Waals surface area contributed by atoms with Gasteiger partial charge < -0.3 is 15.8 Å². The molecule has 0 aliphatic carbocycles. The van der Waals surface area contributed by atoms with E-state index in [1.807, 2.05) is 0 Å². The zero-order valence-corrected chi connectivity index (χ0v) is 14.2. The molecule has 122 valence electrons. The van der Waals surface area contributed by atoms with Gasteiger partial charge >= 0.3 is 6.18 Å². The smallest absolute Gasteiger partial charge is 0.383 e. The summed E-state index contributed by atoms with van der Waals surface area (Å²) in [5.41, 5.74) is 5.36. The molecule has 0 spiro atoms. The molecule has 0 saturated carbocycles. The van der Waals surface area contributed by atoms with Gasteiger partial charge in [-0.05, 0) is 24.3 Å². The summed E-state index contributed by atoms with van der Waals surface area (Å²) in [7, 11) is 1.56. The standard InChI is InChI=1S/C14H16F3N3O.HI/c1-21-10-9-20-13(18)19-8-2-3-11-4-6-12(7-5-11)14(15,16)17;/h4-7H,8-10H2,1H3,(H3,18,19,20);1H. The van der Waals surface area contributed by atoms with E-state index in [0.717, 1.165) is 12.1 Å². The number of halogens is 4. The first-order valence-electron chi connectivity index (χ1n) is 6.12. The number of benzene rings is 1. The molecule has 0 radical (unpaired) electrons. The molecule has 22 heavy (non-hydrogen) atoms. The highest BCUT2D eigenvalue weighted by atomic mass is 127. The van der Waals surface area contributed by atoms with Crippen molar-refractivity contribution in [2.45, 2.75) is 6.18 Å². The molecule has 0 aliphatic rings. The van der Waals surface area contributed by atoms with E-state index in [2.05, 4.69) is 22.2 Å². The molecule has 0 fully saturated rings. The molecule has 8 heteroatoms. The van der Waals surface area contributed by atoms with Crippen molar-refractivity contribution in [1.82, 2.24) is 5.32 Å². The summed E-state index contributed by atoms with van der Waals surface area (Å²) in [5.74, 6) is 5.72. The van der Waals surface area contributed by atoms with Crippen molar-refractivity contribution in [2.75, 3.05) is 26.8 Å². The molecule has 0 aliphatic heterocycles. The molecule has 4 nitrogen and oxygen atoms in total. The van der Waals surface area contributed by atoms with Crippen LogP contribution >= 0.6 is 24.0 Å². The van der Waals surface area contributed by atoms with Gasteiger partial charge in [0.15, 0.2) is 5.96 Å². The summed E-state index contributed by atoms with van der Waals surface area (Å²) < 4.78 is 41.9. The average molecular weight is 427 g/mol. The number of aliphatic imine (C=N–C) groups is 1. The van der Waals surface area contributed by atoms with E-state index in [4.69, 9.17) is 10.5 Å². The van der Waals surface area contributed by atoms with Crippen LogP contribution in [0.15, 0.2) is 29.3 Å². The van der Waals surface area contributed by atoms with Crippen LogP contribution in [0.4, 0.5) is 13.2 Å². The highest BCUT2D eigenvalue weighted by molar-refractivity contribution is 14.0. The van der Waals surface area contributed by atoms with Crippen LogP contribution in [0.5, 0.6) is 0 Å². The van der Waals surface area contributed by atoms with E-state index in [1.165, 1.54) is 12.1 Å². The Morgan fingerprint density at radius 1 is 1.32 bits per heavy atom. The molecule has 0 aromatic heterocycles. The van der Waals surface area contributed by atoms with Gasteiger partial charge in [0.2, 0.25) is 0 Å². The maximum Gasteiger partial charge on any atom is 0.416 e. The van der Waals surface area contributed by atoms with Gasteiger partial charge in [0, 0.05) is 12.7 Å². The molecule has 3 N–H and O–H groups in total. The SMILES string of the molecule is COCCN=C(N)NCC#Cc1ccc(C(F)(F)F)cc1.I. The second-order valence-corrected chi connectivity index (χ2v) is 3.99. The van der Waals surface area contributed by atoms with Crippen LogP contribution in [0.3, 0.4) is 0 Å². The fourth-order valence-corrected chi connectivity index (χ4v) is 1.34. The van der Waals surface area contributed by atoms with Crippen LogP contribution in [0.1, 0.15) is 11.1 Å². The molecular formula is C14H17F3IN3O. The minimum Gasteiger partial charge on any atom is -0.383 e. The van der Waals surface area contributed by atoms with Gasteiger partial charge in [0.1, 0.15) is 0 Å². The lowest BCUT2D eigenvalue weighted by atomic mass is 10.1. The lowest BCUT2D eigenvalue weighted by molar-refractivity contribution is -0.137. The Balaban J connectivity index is 0.00000441. The number of ether oxygens (including phenoxy) is 1. The molecule has 0 bridgehead atoms. The molecule has 0 saturated heterocycles. The summed E-state index contributed by atoms with van der Waals surface area (Å²) in [5, 5.41) is 2.77. The number of hydrogen-bond donors (Lipinski definition) is 2. The van der Waals surface area contributed by atoms with E-state index in [9.17, 15) is 13.2 Å². The van der Waals surface area contributed by atoms with E-state index in [-0.39, 0.29) is 36.5 Å². The number of alkyl halides is 3. The minimum absolute atomic E-state index is 0. The Labute approximate surface area is 144 Å². The second kappa shape index (κ2) is 10.3. The number of nitrogens with one attached hydrogen (secondary N) is 1. The van der Waals surface area contributed by atoms with Gasteiger partial charge in [-0.25, -0.2) is 0 Å². The first kappa shape index (κ1) is 20.5. The Morgan fingerprint density at radius 2 is 1.95 bits per heavy atom. The van der Waals surface area contributed by atoms with Crippen LogP contribution in [0.2, 0.25) is 0 Å². The lowest BCUT2D eigenvalue weighted by Crippen LogP contribution is -2.32. The van der Waals surface area contributed by atoms with Crippen molar-refractivity contribution in [3.63, 3.8) is 0 Å². The molecule has 0 unspecified atom stereocenters. The Hall–Kier alpha value is -1.47. The van der Waals surface area contributed by atoms with Crippen LogP contribution in [0.25, 0.3) is 0 Å². The topological polar surface area (TPSA) is 59.6 Å². The maximum absolute atomic E-state index is 12.4. The molecule has 0 atom stereocenters. The summed E-state index contributed by atoms with van der Waals surface area (Å²) in [4.78, 5) is 3.96. The number of methoxy groups -OCH3 is 1. The fraction of sp³-hybridized carbons (Fsp3) is 0.357. The predicted octanol–water partition coefficient (Wildman–Crippen LogP) is 2.23. The minimum atomic E-state index is -4.33. The van der Waals surface area contributed by atoms with Crippen LogP contribution in [0, 0.1) is 11.8 Å². The fourth-order valence-electron chi connectivity index (χ4n) is 1.34. The molecule has 1 rings (SSSR count). The zero-order valence-electron chi connectivity index (χ0n) is 11.9. The van der Waals surface area contributed by atoms with Gasteiger partial charge in [-0.3, -0.25) is 4.99 Å². The summed E-state index contributed by atoms with van der Waals surface area (Å²) >= 11 is 0. The van der Waals surface area contributed by atoms with Crippen LogP contribution in [-0.2, 0) is 10.9 Å². The first-order valence-corrected chi connectivity index (χ1v) is 6.12. The highest BCUT2D eigenvalue weighted by Crippen LogP contribution is 2.28. The number of hydrogen-bond acceptors (Lipinski definition) is 2. The number of rotatable bonds is 4. The van der Waals surface area contributed by atoms with Gasteiger partial charge in [0.25, 0.3) is 0 Å². The quantitative estimate of drug-likeness (QED) is 0.255. The van der Waals surface area contributed by atoms with Crippen LogP contribution in [-0.4, -0.2) is 32.8 Å². The third kappa shape index (κ3) is 8.09. The molecule has 1 aromatic carbocycles. The van der Waals surface area contributed by atoms with Gasteiger partial charge in [-0.2, -0.15) is 13.2 Å². The summed E-state index contributed by atoms with van der Waals surface area (Å²) in [6, 6.07) is 4.65. The largest absolute Gasteiger partial charge is 0.416 e. The average Bonchev–Trinajstić information content (AvgIpc) is 2.43. The monoisotopic (exact) mass is 427 g/mol. The predicted molar refractivity (Wildman–Crippen MR) is 90.1 cm³/mol. The van der Waals surface area contributed by atoms with Crippen molar-refractivity contribution in [2.24, 2.45) is 10.7 Å². The van der Waals surface area contributed by atoms with E-state index >= 15 is 0 Å². The number of nitrogens with zero attached hydrogens (tertiary/aromatic N) is 1. The highest BCUT2D eigenvalue weighted by Gasteiger charge is 2.29. The third-order valence-electron chi connectivity index (χ3n) is 2.38. The lowest BCUT2D eigenvalue weighted by Gasteiger charge is -2.05. The zero-order chi connectivity index (χ0) is 15.7. The van der Waals surface area contributed by atoms with Gasteiger partial charge in [-0.15, -0.1) is 24.0 Å². The Morgan fingerprint density at radius 3 is 2.50 bits per heavy atom. The Kier molecular flexibility index (Phi) is 9.60. The third-order valence-corrected chi connectivity index (χ3v) is 2.38. The Bertz CT molecular complexity index is 533. The van der Waals surface area contributed by atoms with Crippen molar-refractivity contribution in [1.29, 1.82) is 0 Å². The molecule has 0 heterocycles. The van der Waals surface area contributed by atoms with E-state index in [0.29, 0.717) is 18.7 Å². The van der Waals surface area contributed by atoms with Crippen molar-refractivity contribution >= 4 is 29.9 Å². The maximum atomic E-state index is 12.4. The van der Waals surface area contributed by atoms with Gasteiger partial charge in [-0.1, -0.05) is 11.8 Å². The van der Waals surface area contributed by atoms with E-state index in [1.54, 1.807) is 7.11 Å². The number of nitrogens with two attached hydrogens (primary N) is 1. The van der Waals surface area contributed by atoms with Crippen molar-refractivity contribution in [3.05, 3.63) is 35.4 Å². The van der Waals surface area contributed by atoms with Crippen molar-refractivity contribution in [3.8, 4) is 11.8 Å². The normalized spacial score (nSPS) is 11.2. The molecule has 0 amide bonds. The van der Waals surface area contributed by atoms with E-state index < -0.39 is 11.7 Å². The first-order chi connectivity index (χ1) is 9.93. The van der Waals surface area contributed by atoms with Gasteiger partial charge in [0.05, 0.1) is 25.3 Å². The summed E-state index contributed by atoms with van der Waals surface area (Å²) in [6.45, 7) is 1.17. The van der Waals surface area contributed by atoms with Crippen LogP contribution < -0.4 is 11.1 Å². The number of guanidine groups is 1. The second-order valence-electron chi connectivity index (χ2n) is 3.99.